The maximum absolute atomic E-state index is 12.5. The fourth-order valence-corrected chi connectivity index (χ4v) is 2.91. The molecule has 0 unspecified atom stereocenters. The molecule has 0 fully saturated rings. The van der Waals surface area contributed by atoms with Crippen LogP contribution in [0.5, 0.6) is 0 Å². The molecule has 6 heteroatoms. The van der Waals surface area contributed by atoms with Crippen LogP contribution in [-0.2, 0) is 13.6 Å². The molecule has 0 saturated carbocycles. The minimum absolute atomic E-state index is 0.202. The number of hydrogen-bond acceptors (Lipinski definition) is 5. The van der Waals surface area contributed by atoms with Gasteiger partial charge in [0.2, 0.25) is 0 Å². The quantitative estimate of drug-likeness (QED) is 0.742. The van der Waals surface area contributed by atoms with Gasteiger partial charge in [0.05, 0.1) is 18.4 Å². The summed E-state index contributed by atoms with van der Waals surface area (Å²) >= 11 is 0. The molecule has 0 spiro atoms. The van der Waals surface area contributed by atoms with E-state index in [4.69, 9.17) is 9.05 Å². The molecule has 0 N–H and O–H groups in total. The summed E-state index contributed by atoms with van der Waals surface area (Å²) in [6.07, 6.45) is 3.98. The molecule has 16 heavy (non-hydrogen) atoms. The van der Waals surface area contributed by atoms with Crippen LogP contribution in [0.15, 0.2) is 18.6 Å². The van der Waals surface area contributed by atoms with E-state index in [1.807, 2.05) is 0 Å². The van der Waals surface area contributed by atoms with Crippen LogP contribution in [-0.4, -0.2) is 22.2 Å². The van der Waals surface area contributed by atoms with Gasteiger partial charge in [0, 0.05) is 12.4 Å². The van der Waals surface area contributed by atoms with Gasteiger partial charge in [-0.1, -0.05) is 0 Å². The maximum atomic E-state index is 12.5. The fourth-order valence-electron chi connectivity index (χ4n) is 1.12. The molecule has 1 rings (SSSR count). The molecule has 0 aliphatic carbocycles. The Balaban J connectivity index is 3.00. The molecular weight excluding hydrogens is 227 g/mol. The van der Waals surface area contributed by atoms with Crippen LogP contribution in [0.1, 0.15) is 27.7 Å². The van der Waals surface area contributed by atoms with Crippen molar-refractivity contribution in [2.75, 3.05) is 0 Å². The predicted octanol–water partition coefficient (Wildman–Crippen LogP) is 2.14. The summed E-state index contributed by atoms with van der Waals surface area (Å²) in [7, 11) is -3.36. The second-order valence-electron chi connectivity index (χ2n) is 3.87. The Bertz CT molecular complexity index is 354. The summed E-state index contributed by atoms with van der Waals surface area (Å²) in [6.45, 7) is 7.19. The van der Waals surface area contributed by atoms with E-state index in [1.54, 1.807) is 27.7 Å². The number of aromatic nitrogens is 2. The van der Waals surface area contributed by atoms with Crippen LogP contribution in [0.3, 0.4) is 0 Å². The largest absolute Gasteiger partial charge is 0.381 e. The first-order valence-corrected chi connectivity index (χ1v) is 6.72. The predicted molar refractivity (Wildman–Crippen MR) is 61.7 cm³/mol. The molecule has 1 aromatic rings. The smallest absolute Gasteiger partial charge is 0.301 e. The van der Waals surface area contributed by atoms with Crippen molar-refractivity contribution in [1.29, 1.82) is 0 Å². The van der Waals surface area contributed by atoms with Crippen molar-refractivity contribution >= 4 is 13.0 Å². The molecule has 5 nitrogen and oxygen atoms in total. The molecule has 0 atom stereocenters. The van der Waals surface area contributed by atoms with E-state index in [0.29, 0.717) is 0 Å². The van der Waals surface area contributed by atoms with E-state index in [-0.39, 0.29) is 17.6 Å². The third kappa shape index (κ3) is 3.67. The Morgan fingerprint density at radius 1 is 1.12 bits per heavy atom. The van der Waals surface area contributed by atoms with Gasteiger partial charge in [-0.25, -0.2) is 4.98 Å². The van der Waals surface area contributed by atoms with Crippen molar-refractivity contribution in [1.82, 2.24) is 9.97 Å². The zero-order valence-corrected chi connectivity index (χ0v) is 10.8. The molecule has 0 bridgehead atoms. The topological polar surface area (TPSA) is 61.3 Å². The molecule has 0 amide bonds. The Hall–Kier alpha value is -0.770. The van der Waals surface area contributed by atoms with E-state index in [0.717, 1.165) is 0 Å². The lowest BCUT2D eigenvalue weighted by molar-refractivity contribution is 0.149. The third-order valence-corrected chi connectivity index (χ3v) is 3.72. The van der Waals surface area contributed by atoms with Crippen LogP contribution >= 0.6 is 7.60 Å². The first kappa shape index (κ1) is 13.3. The molecular formula is C10H17N2O3P. The lowest BCUT2D eigenvalue weighted by Gasteiger charge is -2.21. The molecule has 1 heterocycles. The maximum Gasteiger partial charge on any atom is 0.381 e. The molecule has 0 aliphatic rings. The molecule has 1 aromatic heterocycles. The van der Waals surface area contributed by atoms with Crippen molar-refractivity contribution in [3.63, 3.8) is 0 Å². The first-order valence-electron chi connectivity index (χ1n) is 5.17. The number of rotatable bonds is 5. The molecule has 90 valence electrons. The highest BCUT2D eigenvalue weighted by atomic mass is 31.2. The summed E-state index contributed by atoms with van der Waals surface area (Å²) in [4.78, 5) is 7.85. The average Bonchev–Trinajstić information content (AvgIpc) is 2.16. The van der Waals surface area contributed by atoms with E-state index in [2.05, 4.69) is 9.97 Å². The molecule has 0 radical (unpaired) electrons. The van der Waals surface area contributed by atoms with Gasteiger partial charge in [0.25, 0.3) is 0 Å². The van der Waals surface area contributed by atoms with Crippen molar-refractivity contribution in [2.24, 2.45) is 0 Å². The van der Waals surface area contributed by atoms with Crippen molar-refractivity contribution in [2.45, 2.75) is 39.9 Å². The van der Waals surface area contributed by atoms with Crippen LogP contribution in [0.4, 0.5) is 0 Å². The average molecular weight is 244 g/mol. The van der Waals surface area contributed by atoms with E-state index in [1.165, 1.54) is 18.6 Å². The van der Waals surface area contributed by atoms with Gasteiger partial charge in [0.15, 0.2) is 5.44 Å². The van der Waals surface area contributed by atoms with Crippen molar-refractivity contribution < 1.29 is 13.6 Å². The van der Waals surface area contributed by atoms with Gasteiger partial charge < -0.3 is 9.05 Å². The Morgan fingerprint density at radius 2 is 1.69 bits per heavy atom. The standard InChI is InChI=1S/C10H17N2O3P/c1-8(2)14-16(13,15-9(3)4)10-7-11-5-6-12-10/h5-9H,1-4H3. The van der Waals surface area contributed by atoms with Crippen molar-refractivity contribution in [3.05, 3.63) is 18.6 Å². The van der Waals surface area contributed by atoms with E-state index in [9.17, 15) is 4.57 Å². The normalized spacial score (nSPS) is 12.4. The highest BCUT2D eigenvalue weighted by molar-refractivity contribution is 7.61. The lowest BCUT2D eigenvalue weighted by atomic mass is 10.5. The number of hydrogen-bond donors (Lipinski definition) is 0. The minimum atomic E-state index is -3.36. The second-order valence-corrected chi connectivity index (χ2v) is 5.74. The zero-order valence-electron chi connectivity index (χ0n) is 9.95. The van der Waals surface area contributed by atoms with E-state index < -0.39 is 7.60 Å². The van der Waals surface area contributed by atoms with Gasteiger partial charge >= 0.3 is 7.60 Å². The lowest BCUT2D eigenvalue weighted by Crippen LogP contribution is -2.19. The van der Waals surface area contributed by atoms with Gasteiger partial charge in [-0.3, -0.25) is 9.55 Å². The van der Waals surface area contributed by atoms with Crippen LogP contribution < -0.4 is 5.44 Å². The highest BCUT2D eigenvalue weighted by Gasteiger charge is 2.32. The van der Waals surface area contributed by atoms with Crippen LogP contribution in [0, 0.1) is 0 Å². The van der Waals surface area contributed by atoms with Crippen LogP contribution in [0.25, 0.3) is 0 Å². The summed E-state index contributed by atoms with van der Waals surface area (Å²) in [6, 6.07) is 0. The SMILES string of the molecule is CC(C)OP(=O)(OC(C)C)c1cnccn1. The van der Waals surface area contributed by atoms with Crippen LogP contribution in [0.2, 0.25) is 0 Å². The van der Waals surface area contributed by atoms with Gasteiger partial charge in [-0.05, 0) is 27.7 Å². The zero-order chi connectivity index (χ0) is 12.2. The second kappa shape index (κ2) is 5.53. The first-order chi connectivity index (χ1) is 7.44. The fraction of sp³-hybridized carbons (Fsp3) is 0.600. The summed E-state index contributed by atoms with van der Waals surface area (Å²) < 4.78 is 23.2. The summed E-state index contributed by atoms with van der Waals surface area (Å²) in [5.41, 5.74) is 0.248. The Kier molecular flexibility index (Phi) is 4.59. The monoisotopic (exact) mass is 244 g/mol. The highest BCUT2D eigenvalue weighted by Crippen LogP contribution is 2.48. The van der Waals surface area contributed by atoms with Crippen molar-refractivity contribution in [3.8, 4) is 0 Å². The number of nitrogens with zero attached hydrogens (tertiary/aromatic N) is 2. The Morgan fingerprint density at radius 3 is 2.06 bits per heavy atom. The van der Waals surface area contributed by atoms with Gasteiger partial charge in [0.1, 0.15) is 0 Å². The Labute approximate surface area is 95.8 Å². The summed E-state index contributed by atoms with van der Waals surface area (Å²) in [5, 5.41) is 0. The van der Waals surface area contributed by atoms with Gasteiger partial charge in [-0.15, -0.1) is 0 Å². The summed E-state index contributed by atoms with van der Waals surface area (Å²) in [5.74, 6) is 0. The molecule has 0 aromatic carbocycles. The van der Waals surface area contributed by atoms with E-state index >= 15 is 0 Å². The molecule has 0 saturated heterocycles. The third-order valence-electron chi connectivity index (χ3n) is 1.53. The molecule has 0 aliphatic heterocycles. The minimum Gasteiger partial charge on any atom is -0.301 e. The van der Waals surface area contributed by atoms with Gasteiger partial charge in [-0.2, -0.15) is 0 Å².